The number of hydrogen-bond donors (Lipinski definition) is 0. The second-order valence-electron chi connectivity index (χ2n) is 5.99. The molecule has 1 aliphatic carbocycles. The molecule has 0 radical (unpaired) electrons. The number of carbonyl (C=O) groups is 1. The number of rotatable bonds is 5. The molecule has 0 N–H and O–H groups in total. The maximum absolute atomic E-state index is 12.5. The molecule has 1 unspecified atom stereocenters. The molecule has 0 amide bonds. The fourth-order valence-electron chi connectivity index (χ4n) is 3.30. The van der Waals surface area contributed by atoms with E-state index in [9.17, 15) is 4.79 Å². The number of fused-ring (bicyclic) bond motifs is 1. The molecule has 0 bridgehead atoms. The van der Waals surface area contributed by atoms with Crippen LogP contribution in [0.5, 0.6) is 0 Å². The first-order chi connectivity index (χ1) is 10.3. The molecule has 0 saturated carbocycles. The molecule has 0 aromatic heterocycles. The molecule has 0 fully saturated rings. The molecular weight excluding hydrogens is 256 g/mol. The highest BCUT2D eigenvalue weighted by Gasteiger charge is 2.26. The van der Waals surface area contributed by atoms with Crippen molar-refractivity contribution >= 4 is 5.78 Å². The van der Waals surface area contributed by atoms with Crippen molar-refractivity contribution in [3.8, 4) is 0 Å². The van der Waals surface area contributed by atoms with E-state index in [1.807, 2.05) is 18.2 Å². The topological polar surface area (TPSA) is 17.1 Å². The third-order valence-electron chi connectivity index (χ3n) is 4.53. The lowest BCUT2D eigenvalue weighted by Gasteiger charge is -2.23. The number of benzene rings is 2. The van der Waals surface area contributed by atoms with Gasteiger partial charge in [0, 0.05) is 11.5 Å². The van der Waals surface area contributed by atoms with Crippen LogP contribution in [0.4, 0.5) is 0 Å². The van der Waals surface area contributed by atoms with Gasteiger partial charge in [-0.05, 0) is 43.2 Å². The molecule has 1 nitrogen and oxygen atoms in total. The van der Waals surface area contributed by atoms with Crippen LogP contribution < -0.4 is 0 Å². The largest absolute Gasteiger partial charge is 0.294 e. The molecule has 1 aliphatic rings. The summed E-state index contributed by atoms with van der Waals surface area (Å²) in [6.07, 6.45) is 6.58. The van der Waals surface area contributed by atoms with Crippen LogP contribution in [0.15, 0.2) is 54.6 Å². The van der Waals surface area contributed by atoms with E-state index in [0.29, 0.717) is 5.78 Å². The molecule has 0 aliphatic heterocycles. The Hall–Kier alpha value is -1.89. The first-order valence-corrected chi connectivity index (χ1v) is 8.00. The summed E-state index contributed by atoms with van der Waals surface area (Å²) in [7, 11) is 0. The van der Waals surface area contributed by atoms with Crippen molar-refractivity contribution in [2.75, 3.05) is 0 Å². The fourth-order valence-corrected chi connectivity index (χ4v) is 3.30. The van der Waals surface area contributed by atoms with E-state index in [1.54, 1.807) is 0 Å². The van der Waals surface area contributed by atoms with Crippen LogP contribution in [0.2, 0.25) is 0 Å². The first kappa shape index (κ1) is 14.1. The number of ketones is 1. The van der Waals surface area contributed by atoms with Crippen LogP contribution in [0, 0.1) is 5.92 Å². The highest BCUT2D eigenvalue weighted by molar-refractivity contribution is 6.00. The number of aryl methyl sites for hydroxylation is 2. The quantitative estimate of drug-likeness (QED) is 0.715. The van der Waals surface area contributed by atoms with Crippen molar-refractivity contribution in [3.63, 3.8) is 0 Å². The summed E-state index contributed by atoms with van der Waals surface area (Å²) in [6.45, 7) is 0. The molecule has 0 spiro atoms. The van der Waals surface area contributed by atoms with Crippen LogP contribution in [0.3, 0.4) is 0 Å². The van der Waals surface area contributed by atoms with Crippen molar-refractivity contribution in [3.05, 3.63) is 71.3 Å². The van der Waals surface area contributed by atoms with E-state index in [4.69, 9.17) is 0 Å². The summed E-state index contributed by atoms with van der Waals surface area (Å²) in [5.41, 5.74) is 3.61. The SMILES string of the molecule is O=C1c2ccccc2CCC1CCCCc1ccccc1. The maximum Gasteiger partial charge on any atom is 0.166 e. The minimum atomic E-state index is 0.246. The Kier molecular flexibility index (Phi) is 4.49. The minimum absolute atomic E-state index is 0.246. The zero-order valence-electron chi connectivity index (χ0n) is 12.4. The molecule has 1 heteroatoms. The second kappa shape index (κ2) is 6.71. The lowest BCUT2D eigenvalue weighted by atomic mass is 9.80. The lowest BCUT2D eigenvalue weighted by molar-refractivity contribution is 0.0893. The number of unbranched alkanes of at least 4 members (excludes halogenated alkanes) is 1. The Morgan fingerprint density at radius 3 is 2.52 bits per heavy atom. The Bertz CT molecular complexity index is 600. The van der Waals surface area contributed by atoms with Gasteiger partial charge in [-0.2, -0.15) is 0 Å². The van der Waals surface area contributed by atoms with E-state index in [1.165, 1.54) is 17.5 Å². The van der Waals surface area contributed by atoms with Crippen LogP contribution >= 0.6 is 0 Å². The normalized spacial score (nSPS) is 17.5. The highest BCUT2D eigenvalue weighted by atomic mass is 16.1. The van der Waals surface area contributed by atoms with E-state index in [2.05, 4.69) is 36.4 Å². The summed E-state index contributed by atoms with van der Waals surface area (Å²) >= 11 is 0. The van der Waals surface area contributed by atoms with Gasteiger partial charge in [-0.1, -0.05) is 61.0 Å². The van der Waals surface area contributed by atoms with Crippen LogP contribution in [0.25, 0.3) is 0 Å². The molecule has 2 aromatic rings. The lowest BCUT2D eigenvalue weighted by Crippen LogP contribution is -2.22. The average Bonchev–Trinajstić information content (AvgIpc) is 2.55. The van der Waals surface area contributed by atoms with E-state index in [0.717, 1.165) is 37.7 Å². The summed E-state index contributed by atoms with van der Waals surface area (Å²) in [5, 5.41) is 0. The third kappa shape index (κ3) is 3.41. The Balaban J connectivity index is 1.50. The van der Waals surface area contributed by atoms with Gasteiger partial charge < -0.3 is 0 Å². The van der Waals surface area contributed by atoms with E-state index < -0.39 is 0 Å². The predicted molar refractivity (Wildman–Crippen MR) is 86.6 cm³/mol. The summed E-state index contributed by atoms with van der Waals surface area (Å²) in [5.74, 6) is 0.618. The standard InChI is InChI=1S/C20H22O/c21-20-18(15-14-17-11-6-7-13-19(17)20)12-5-4-10-16-8-2-1-3-9-16/h1-3,6-9,11,13,18H,4-5,10,12,14-15H2. The van der Waals surface area contributed by atoms with Gasteiger partial charge in [-0.3, -0.25) is 4.79 Å². The van der Waals surface area contributed by atoms with Gasteiger partial charge in [0.15, 0.2) is 5.78 Å². The summed E-state index contributed by atoms with van der Waals surface area (Å²) < 4.78 is 0. The molecule has 2 aromatic carbocycles. The van der Waals surface area contributed by atoms with Crippen molar-refractivity contribution in [1.82, 2.24) is 0 Å². The van der Waals surface area contributed by atoms with Gasteiger partial charge in [-0.15, -0.1) is 0 Å². The molecule has 108 valence electrons. The number of hydrogen-bond acceptors (Lipinski definition) is 1. The second-order valence-corrected chi connectivity index (χ2v) is 5.99. The monoisotopic (exact) mass is 278 g/mol. The Labute approximate surface area is 127 Å². The van der Waals surface area contributed by atoms with Gasteiger partial charge in [0.2, 0.25) is 0 Å². The third-order valence-corrected chi connectivity index (χ3v) is 4.53. The van der Waals surface area contributed by atoms with Crippen LogP contribution in [0.1, 0.15) is 47.2 Å². The van der Waals surface area contributed by atoms with Crippen molar-refractivity contribution in [2.45, 2.75) is 38.5 Å². The van der Waals surface area contributed by atoms with Gasteiger partial charge in [-0.25, -0.2) is 0 Å². The molecule has 1 atom stereocenters. The van der Waals surface area contributed by atoms with Gasteiger partial charge in [0.25, 0.3) is 0 Å². The number of carbonyl (C=O) groups excluding carboxylic acids is 1. The summed E-state index contributed by atoms with van der Waals surface area (Å²) in [6, 6.07) is 18.7. The average molecular weight is 278 g/mol. The minimum Gasteiger partial charge on any atom is -0.294 e. The van der Waals surface area contributed by atoms with Crippen molar-refractivity contribution in [2.24, 2.45) is 5.92 Å². The van der Waals surface area contributed by atoms with Crippen LogP contribution in [-0.2, 0) is 12.8 Å². The van der Waals surface area contributed by atoms with E-state index >= 15 is 0 Å². The van der Waals surface area contributed by atoms with Crippen LogP contribution in [-0.4, -0.2) is 5.78 Å². The highest BCUT2D eigenvalue weighted by Crippen LogP contribution is 2.28. The Morgan fingerprint density at radius 2 is 1.67 bits per heavy atom. The smallest absolute Gasteiger partial charge is 0.166 e. The van der Waals surface area contributed by atoms with Gasteiger partial charge >= 0.3 is 0 Å². The molecule has 3 rings (SSSR count). The number of Topliss-reactive ketones (excluding diaryl/α,β-unsaturated/α-hetero) is 1. The maximum atomic E-state index is 12.5. The molecule has 0 heterocycles. The predicted octanol–water partition coefficient (Wildman–Crippen LogP) is 4.84. The molecule has 0 saturated heterocycles. The Morgan fingerprint density at radius 1 is 0.905 bits per heavy atom. The zero-order valence-corrected chi connectivity index (χ0v) is 12.4. The fraction of sp³-hybridized carbons (Fsp3) is 0.350. The van der Waals surface area contributed by atoms with Crippen molar-refractivity contribution in [1.29, 1.82) is 0 Å². The zero-order chi connectivity index (χ0) is 14.5. The van der Waals surface area contributed by atoms with Gasteiger partial charge in [0.1, 0.15) is 0 Å². The van der Waals surface area contributed by atoms with E-state index in [-0.39, 0.29) is 5.92 Å². The van der Waals surface area contributed by atoms with Crippen molar-refractivity contribution < 1.29 is 4.79 Å². The summed E-state index contributed by atoms with van der Waals surface area (Å²) in [4.78, 5) is 12.5. The first-order valence-electron chi connectivity index (χ1n) is 8.00. The van der Waals surface area contributed by atoms with Gasteiger partial charge in [0.05, 0.1) is 0 Å². The molecule has 21 heavy (non-hydrogen) atoms. The molecular formula is C20H22O.